The molecule has 2 heterocycles. The predicted octanol–water partition coefficient (Wildman–Crippen LogP) is 2.27. The van der Waals surface area contributed by atoms with Crippen molar-refractivity contribution >= 4 is 0 Å². The minimum atomic E-state index is 0.393. The highest BCUT2D eigenvalue weighted by atomic mass is 16.5. The standard InChI is InChI=1S/C16H30N2O/c1-15(2)5-8-18(9-6-15)12-16(7-10-19-13-16)11-17-14-3-4-14/h14,17H,3-13H2,1-2H3. The van der Waals surface area contributed by atoms with Crippen molar-refractivity contribution in [1.29, 1.82) is 0 Å². The zero-order chi connectivity index (χ0) is 13.3. The molecule has 0 radical (unpaired) electrons. The summed E-state index contributed by atoms with van der Waals surface area (Å²) < 4.78 is 5.73. The van der Waals surface area contributed by atoms with Crippen molar-refractivity contribution in [3.05, 3.63) is 0 Å². The fourth-order valence-electron chi connectivity index (χ4n) is 3.41. The second kappa shape index (κ2) is 5.34. The van der Waals surface area contributed by atoms with Gasteiger partial charge in [0, 0.05) is 31.2 Å². The van der Waals surface area contributed by atoms with Crippen molar-refractivity contribution < 1.29 is 4.74 Å². The summed E-state index contributed by atoms with van der Waals surface area (Å²) in [6, 6.07) is 0.817. The summed E-state index contributed by atoms with van der Waals surface area (Å²) >= 11 is 0. The highest BCUT2D eigenvalue weighted by molar-refractivity contribution is 4.93. The molecule has 0 spiro atoms. The Balaban J connectivity index is 1.52. The largest absolute Gasteiger partial charge is 0.381 e. The first kappa shape index (κ1) is 13.8. The van der Waals surface area contributed by atoms with Crippen molar-refractivity contribution in [3.8, 4) is 0 Å². The first-order chi connectivity index (χ1) is 9.07. The van der Waals surface area contributed by atoms with Crippen molar-refractivity contribution in [2.75, 3.05) is 39.4 Å². The van der Waals surface area contributed by atoms with Crippen molar-refractivity contribution in [1.82, 2.24) is 10.2 Å². The van der Waals surface area contributed by atoms with Gasteiger partial charge in [0.05, 0.1) is 6.61 Å². The number of piperidine rings is 1. The van der Waals surface area contributed by atoms with Gasteiger partial charge >= 0.3 is 0 Å². The summed E-state index contributed by atoms with van der Waals surface area (Å²) in [5, 5.41) is 3.74. The molecule has 3 heteroatoms. The third kappa shape index (κ3) is 3.71. The molecule has 3 fully saturated rings. The van der Waals surface area contributed by atoms with E-state index in [4.69, 9.17) is 4.74 Å². The number of nitrogens with zero attached hydrogens (tertiary/aromatic N) is 1. The first-order valence-corrected chi connectivity index (χ1v) is 8.11. The van der Waals surface area contributed by atoms with E-state index in [1.807, 2.05) is 0 Å². The van der Waals surface area contributed by atoms with Gasteiger partial charge in [0.15, 0.2) is 0 Å². The molecule has 2 aliphatic heterocycles. The minimum Gasteiger partial charge on any atom is -0.381 e. The van der Waals surface area contributed by atoms with Crippen LogP contribution >= 0.6 is 0 Å². The minimum absolute atomic E-state index is 0.393. The zero-order valence-electron chi connectivity index (χ0n) is 12.7. The maximum absolute atomic E-state index is 5.73. The molecular weight excluding hydrogens is 236 g/mol. The van der Waals surface area contributed by atoms with E-state index in [1.54, 1.807) is 0 Å². The molecule has 110 valence electrons. The van der Waals surface area contributed by atoms with Gasteiger partial charge in [-0.3, -0.25) is 0 Å². The predicted molar refractivity (Wildman–Crippen MR) is 78.3 cm³/mol. The molecule has 0 aromatic rings. The van der Waals surface area contributed by atoms with Gasteiger partial charge in [0.1, 0.15) is 0 Å². The van der Waals surface area contributed by atoms with Gasteiger partial charge < -0.3 is 15.0 Å². The van der Waals surface area contributed by atoms with E-state index in [0.29, 0.717) is 10.8 Å². The number of hydrogen-bond donors (Lipinski definition) is 1. The molecule has 1 atom stereocenters. The molecule has 3 nitrogen and oxygen atoms in total. The molecule has 0 aromatic carbocycles. The summed E-state index contributed by atoms with van der Waals surface area (Å²) in [6.07, 6.45) is 6.70. The monoisotopic (exact) mass is 266 g/mol. The van der Waals surface area contributed by atoms with Crippen LogP contribution in [0.25, 0.3) is 0 Å². The molecule has 1 aliphatic carbocycles. The Morgan fingerprint density at radius 3 is 2.47 bits per heavy atom. The van der Waals surface area contributed by atoms with Gasteiger partial charge in [-0.25, -0.2) is 0 Å². The van der Waals surface area contributed by atoms with Crippen molar-refractivity contribution in [3.63, 3.8) is 0 Å². The second-order valence-electron chi connectivity index (χ2n) is 7.90. The summed E-state index contributed by atoms with van der Waals surface area (Å²) in [4.78, 5) is 2.69. The van der Waals surface area contributed by atoms with Crippen LogP contribution in [-0.2, 0) is 4.74 Å². The summed E-state index contributed by atoms with van der Waals surface area (Å²) in [5.74, 6) is 0. The number of ether oxygens (including phenoxy) is 1. The molecule has 0 bridgehead atoms. The lowest BCUT2D eigenvalue weighted by Gasteiger charge is -2.41. The van der Waals surface area contributed by atoms with Crippen LogP contribution in [0.3, 0.4) is 0 Å². The fraction of sp³-hybridized carbons (Fsp3) is 1.00. The topological polar surface area (TPSA) is 24.5 Å². The molecule has 0 amide bonds. The quantitative estimate of drug-likeness (QED) is 0.826. The normalized spacial score (nSPS) is 35.7. The van der Waals surface area contributed by atoms with E-state index in [9.17, 15) is 0 Å². The lowest BCUT2D eigenvalue weighted by atomic mass is 9.80. The van der Waals surface area contributed by atoms with Crippen LogP contribution in [-0.4, -0.2) is 50.3 Å². The third-order valence-corrected chi connectivity index (χ3v) is 5.30. The van der Waals surface area contributed by atoms with Gasteiger partial charge in [0.2, 0.25) is 0 Å². The third-order valence-electron chi connectivity index (χ3n) is 5.30. The molecule has 2 saturated heterocycles. The summed E-state index contributed by atoms with van der Waals surface area (Å²) in [6.45, 7) is 11.7. The Hall–Kier alpha value is -0.120. The zero-order valence-corrected chi connectivity index (χ0v) is 12.7. The van der Waals surface area contributed by atoms with Gasteiger partial charge in [0.25, 0.3) is 0 Å². The van der Waals surface area contributed by atoms with Gasteiger partial charge in [-0.15, -0.1) is 0 Å². The molecule has 1 unspecified atom stereocenters. The summed E-state index contributed by atoms with van der Waals surface area (Å²) in [5.41, 5.74) is 0.951. The van der Waals surface area contributed by atoms with Crippen LogP contribution in [0.4, 0.5) is 0 Å². The average Bonchev–Trinajstić information content (AvgIpc) is 3.10. The van der Waals surface area contributed by atoms with Crippen LogP contribution in [0.5, 0.6) is 0 Å². The van der Waals surface area contributed by atoms with E-state index in [1.165, 1.54) is 51.7 Å². The number of nitrogens with one attached hydrogen (secondary N) is 1. The Labute approximate surface area is 118 Å². The average molecular weight is 266 g/mol. The van der Waals surface area contributed by atoms with E-state index >= 15 is 0 Å². The lowest BCUT2D eigenvalue weighted by molar-refractivity contribution is 0.0689. The SMILES string of the molecule is CC1(C)CCN(CC2(CNC3CC3)CCOC2)CC1. The Bertz CT molecular complexity index is 296. The number of hydrogen-bond acceptors (Lipinski definition) is 3. The van der Waals surface area contributed by atoms with Crippen molar-refractivity contribution in [2.24, 2.45) is 10.8 Å². The molecule has 0 aromatic heterocycles. The second-order valence-corrected chi connectivity index (χ2v) is 7.90. The van der Waals surface area contributed by atoms with E-state index in [2.05, 4.69) is 24.1 Å². The van der Waals surface area contributed by atoms with Crippen LogP contribution in [0.15, 0.2) is 0 Å². The Morgan fingerprint density at radius 2 is 1.89 bits per heavy atom. The Morgan fingerprint density at radius 1 is 1.16 bits per heavy atom. The maximum Gasteiger partial charge on any atom is 0.0547 e. The molecule has 1 saturated carbocycles. The number of likely N-dealkylation sites (tertiary alicyclic amines) is 1. The van der Waals surface area contributed by atoms with Crippen LogP contribution in [0, 0.1) is 10.8 Å². The van der Waals surface area contributed by atoms with E-state index in [0.717, 1.165) is 25.8 Å². The molecule has 3 aliphatic rings. The highest BCUT2D eigenvalue weighted by Crippen LogP contribution is 2.35. The van der Waals surface area contributed by atoms with E-state index < -0.39 is 0 Å². The van der Waals surface area contributed by atoms with Crippen molar-refractivity contribution in [2.45, 2.75) is 52.0 Å². The van der Waals surface area contributed by atoms with Crippen LogP contribution in [0.2, 0.25) is 0 Å². The van der Waals surface area contributed by atoms with E-state index in [-0.39, 0.29) is 0 Å². The fourth-order valence-corrected chi connectivity index (χ4v) is 3.41. The maximum atomic E-state index is 5.73. The molecular formula is C16H30N2O. The molecule has 3 rings (SSSR count). The highest BCUT2D eigenvalue weighted by Gasteiger charge is 2.39. The van der Waals surface area contributed by atoms with Gasteiger partial charge in [-0.05, 0) is 50.6 Å². The first-order valence-electron chi connectivity index (χ1n) is 8.11. The van der Waals surface area contributed by atoms with Crippen LogP contribution in [0.1, 0.15) is 46.0 Å². The smallest absolute Gasteiger partial charge is 0.0547 e. The van der Waals surface area contributed by atoms with Gasteiger partial charge in [-0.2, -0.15) is 0 Å². The van der Waals surface area contributed by atoms with Crippen LogP contribution < -0.4 is 5.32 Å². The summed E-state index contributed by atoms with van der Waals surface area (Å²) in [7, 11) is 0. The Kier molecular flexibility index (Phi) is 3.89. The number of rotatable bonds is 5. The molecule has 1 N–H and O–H groups in total. The van der Waals surface area contributed by atoms with Gasteiger partial charge in [-0.1, -0.05) is 13.8 Å². The molecule has 19 heavy (non-hydrogen) atoms. The lowest BCUT2D eigenvalue weighted by Crippen LogP contribution is -2.48.